The minimum absolute atomic E-state index is 0.160. The van der Waals surface area contributed by atoms with Crippen LogP contribution in [0.1, 0.15) is 42.4 Å². The summed E-state index contributed by atoms with van der Waals surface area (Å²) in [5.74, 6) is 1.77. The summed E-state index contributed by atoms with van der Waals surface area (Å²) in [7, 11) is 1.65. The van der Waals surface area contributed by atoms with Gasteiger partial charge in [0.15, 0.2) is 0 Å². The monoisotopic (exact) mass is 466 g/mol. The van der Waals surface area contributed by atoms with Crippen molar-refractivity contribution in [2.24, 2.45) is 5.92 Å². The van der Waals surface area contributed by atoms with Gasteiger partial charge in [-0.25, -0.2) is 9.97 Å². The van der Waals surface area contributed by atoms with Gasteiger partial charge in [-0.05, 0) is 68.2 Å². The summed E-state index contributed by atoms with van der Waals surface area (Å²) in [4.78, 5) is 28.1. The van der Waals surface area contributed by atoms with Crippen molar-refractivity contribution in [2.75, 3.05) is 31.6 Å². The highest BCUT2D eigenvalue weighted by Crippen LogP contribution is 2.34. The summed E-state index contributed by atoms with van der Waals surface area (Å²) < 4.78 is 5.33. The number of likely N-dealkylation sites (tertiary alicyclic amines) is 1. The third kappa shape index (κ3) is 4.29. The number of rotatable bonds is 5. The van der Waals surface area contributed by atoms with Gasteiger partial charge in [-0.3, -0.25) is 4.79 Å². The van der Waals surface area contributed by atoms with Gasteiger partial charge in [0.05, 0.1) is 24.4 Å². The number of aliphatic hydroxyl groups excluding tert-OH is 1. The van der Waals surface area contributed by atoms with E-state index < -0.39 is 6.10 Å². The number of hydrogen-bond acceptors (Lipinski definition) is 7. The molecule has 3 aromatic rings. The Morgan fingerprint density at radius 2 is 2.00 bits per heavy atom. The molecule has 2 fully saturated rings. The zero-order valence-corrected chi connectivity index (χ0v) is 19.9. The van der Waals surface area contributed by atoms with Gasteiger partial charge in [-0.2, -0.15) is 0 Å². The van der Waals surface area contributed by atoms with Gasteiger partial charge in [0.2, 0.25) is 11.9 Å². The molecule has 0 aliphatic carbocycles. The van der Waals surface area contributed by atoms with Gasteiger partial charge >= 0.3 is 0 Å². The lowest BCUT2D eigenvalue weighted by atomic mass is 9.90. The zero-order chi connectivity index (χ0) is 22.9. The Balaban J connectivity index is 1.29. The number of aryl methyl sites for hydroxylation is 1. The van der Waals surface area contributed by atoms with E-state index in [1.807, 2.05) is 47.5 Å². The number of fused-ring (bicyclic) bond motifs is 1. The van der Waals surface area contributed by atoms with Crippen molar-refractivity contribution in [2.45, 2.75) is 44.8 Å². The lowest BCUT2D eigenvalue weighted by Gasteiger charge is -2.36. The maximum atomic E-state index is 13.5. The Bertz CT molecular complexity index is 1130. The predicted octanol–water partition coefficient (Wildman–Crippen LogP) is 3.95. The summed E-state index contributed by atoms with van der Waals surface area (Å²) in [6.45, 7) is 4.13. The number of aromatic nitrogens is 2. The molecule has 1 aromatic carbocycles. The zero-order valence-electron chi connectivity index (χ0n) is 19.1. The number of benzene rings is 1. The van der Waals surface area contributed by atoms with Crippen molar-refractivity contribution in [1.82, 2.24) is 14.9 Å². The molecule has 0 bridgehead atoms. The number of carbonyl (C=O) groups excluding carboxylic acids is 1. The lowest BCUT2D eigenvalue weighted by Crippen LogP contribution is -2.49. The van der Waals surface area contributed by atoms with Crippen LogP contribution in [-0.4, -0.2) is 58.7 Å². The predicted molar refractivity (Wildman–Crippen MR) is 130 cm³/mol. The Kier molecular flexibility index (Phi) is 6.21. The summed E-state index contributed by atoms with van der Waals surface area (Å²) in [5, 5.41) is 13.6. The maximum absolute atomic E-state index is 13.5. The number of thiophene rings is 1. The molecular weight excluding hydrogens is 436 g/mol. The number of ether oxygens (including phenoxy) is 1. The second-order valence-electron chi connectivity index (χ2n) is 8.97. The van der Waals surface area contributed by atoms with Crippen molar-refractivity contribution < 1.29 is 14.6 Å². The molecule has 2 aliphatic rings. The molecule has 2 aliphatic heterocycles. The second kappa shape index (κ2) is 9.27. The molecule has 2 unspecified atom stereocenters. The first-order chi connectivity index (χ1) is 16.0. The van der Waals surface area contributed by atoms with Gasteiger partial charge < -0.3 is 19.6 Å². The molecular formula is C25H30N4O3S. The van der Waals surface area contributed by atoms with Crippen LogP contribution in [-0.2, 0) is 4.79 Å². The van der Waals surface area contributed by atoms with E-state index in [4.69, 9.17) is 14.7 Å². The topological polar surface area (TPSA) is 78.8 Å². The summed E-state index contributed by atoms with van der Waals surface area (Å²) >= 11 is 1.60. The van der Waals surface area contributed by atoms with Crippen LogP contribution >= 0.6 is 11.3 Å². The van der Waals surface area contributed by atoms with E-state index in [-0.39, 0.29) is 17.9 Å². The van der Waals surface area contributed by atoms with Crippen LogP contribution in [0.25, 0.3) is 10.9 Å². The van der Waals surface area contributed by atoms with Crippen molar-refractivity contribution in [3.8, 4) is 5.75 Å². The first kappa shape index (κ1) is 22.1. The van der Waals surface area contributed by atoms with Gasteiger partial charge in [0.25, 0.3) is 0 Å². The first-order valence-corrected chi connectivity index (χ1v) is 12.5. The van der Waals surface area contributed by atoms with Crippen LogP contribution < -0.4 is 9.64 Å². The third-order valence-electron chi connectivity index (χ3n) is 7.01. The number of anilines is 1. The SMILES string of the molecule is COc1ccc2nc(N3CCCC3C(=O)N3CCC(C(O)c4cccs4)CC3)nc(C)c2c1. The molecule has 4 heterocycles. The highest BCUT2D eigenvalue weighted by molar-refractivity contribution is 7.10. The molecule has 8 heteroatoms. The van der Waals surface area contributed by atoms with Crippen molar-refractivity contribution >= 4 is 34.1 Å². The van der Waals surface area contributed by atoms with E-state index in [1.165, 1.54) is 0 Å². The molecule has 2 saturated heterocycles. The molecule has 0 radical (unpaired) electrons. The number of amides is 1. The highest BCUT2D eigenvalue weighted by Gasteiger charge is 2.37. The highest BCUT2D eigenvalue weighted by atomic mass is 32.1. The standard InChI is InChI=1S/C25H30N4O3S/c1-16-19-15-18(32-2)7-8-20(19)27-25(26-16)29-11-3-5-21(29)24(31)28-12-9-17(10-13-28)23(30)22-6-4-14-33-22/h4,6-8,14-15,17,21,23,30H,3,5,9-13H2,1-2H3. The van der Waals surface area contributed by atoms with Gasteiger partial charge in [-0.1, -0.05) is 6.07 Å². The van der Waals surface area contributed by atoms with Crippen LogP contribution in [0, 0.1) is 12.8 Å². The number of aliphatic hydroxyl groups is 1. The average molecular weight is 467 g/mol. The summed E-state index contributed by atoms with van der Waals surface area (Å²) in [5.41, 5.74) is 1.75. The largest absolute Gasteiger partial charge is 0.497 e. The fourth-order valence-corrected chi connectivity index (χ4v) is 5.91. The van der Waals surface area contributed by atoms with Crippen LogP contribution in [0.15, 0.2) is 35.7 Å². The van der Waals surface area contributed by atoms with E-state index in [1.54, 1.807) is 18.4 Å². The fourth-order valence-electron chi connectivity index (χ4n) is 5.10. The molecule has 5 rings (SSSR count). The van der Waals surface area contributed by atoms with Crippen LogP contribution in [0.5, 0.6) is 5.75 Å². The molecule has 2 atom stereocenters. The maximum Gasteiger partial charge on any atom is 0.245 e. The van der Waals surface area contributed by atoms with Gasteiger partial charge in [-0.15, -0.1) is 11.3 Å². The molecule has 1 N–H and O–H groups in total. The number of carbonyl (C=O) groups is 1. The Morgan fingerprint density at radius 1 is 1.18 bits per heavy atom. The van der Waals surface area contributed by atoms with Crippen molar-refractivity contribution in [1.29, 1.82) is 0 Å². The molecule has 2 aromatic heterocycles. The smallest absolute Gasteiger partial charge is 0.245 e. The minimum atomic E-state index is -0.433. The summed E-state index contributed by atoms with van der Waals surface area (Å²) in [6, 6.07) is 9.55. The second-order valence-corrected chi connectivity index (χ2v) is 9.95. The van der Waals surface area contributed by atoms with E-state index in [9.17, 15) is 9.90 Å². The van der Waals surface area contributed by atoms with Crippen LogP contribution in [0.3, 0.4) is 0 Å². The van der Waals surface area contributed by atoms with Gasteiger partial charge in [0.1, 0.15) is 11.8 Å². The van der Waals surface area contributed by atoms with Crippen molar-refractivity contribution in [3.05, 3.63) is 46.3 Å². The summed E-state index contributed by atoms with van der Waals surface area (Å²) in [6.07, 6.45) is 2.99. The van der Waals surface area contributed by atoms with Gasteiger partial charge in [0, 0.05) is 29.9 Å². The molecule has 7 nitrogen and oxygen atoms in total. The van der Waals surface area contributed by atoms with Crippen LogP contribution in [0.4, 0.5) is 5.95 Å². The Morgan fingerprint density at radius 3 is 2.73 bits per heavy atom. The molecule has 174 valence electrons. The molecule has 1 amide bonds. The van der Waals surface area contributed by atoms with Crippen molar-refractivity contribution in [3.63, 3.8) is 0 Å². The van der Waals surface area contributed by atoms with E-state index in [2.05, 4.69) is 4.90 Å². The Hall–Kier alpha value is -2.71. The molecule has 0 saturated carbocycles. The van der Waals surface area contributed by atoms with Crippen LogP contribution in [0.2, 0.25) is 0 Å². The Labute approximate surface area is 198 Å². The van der Waals surface area contributed by atoms with E-state index in [0.29, 0.717) is 19.0 Å². The lowest BCUT2D eigenvalue weighted by molar-refractivity contribution is -0.134. The number of piperidine rings is 1. The average Bonchev–Trinajstić information content (AvgIpc) is 3.56. The third-order valence-corrected chi connectivity index (χ3v) is 7.95. The first-order valence-electron chi connectivity index (χ1n) is 11.6. The molecule has 33 heavy (non-hydrogen) atoms. The normalized spacial score (nSPS) is 20.4. The number of nitrogens with zero attached hydrogens (tertiary/aromatic N) is 4. The minimum Gasteiger partial charge on any atom is -0.497 e. The van der Waals surface area contributed by atoms with E-state index in [0.717, 1.165) is 59.5 Å². The fraction of sp³-hybridized carbons (Fsp3) is 0.480. The quantitative estimate of drug-likeness (QED) is 0.614. The van der Waals surface area contributed by atoms with E-state index >= 15 is 0 Å². The molecule has 0 spiro atoms. The number of methoxy groups -OCH3 is 1. The number of hydrogen-bond donors (Lipinski definition) is 1.